The topological polar surface area (TPSA) is 105 Å². The summed E-state index contributed by atoms with van der Waals surface area (Å²) in [5.74, 6) is -0.568. The average molecular weight is 492 g/mol. The molecule has 4 rings (SSSR count). The van der Waals surface area contributed by atoms with Crippen LogP contribution in [0.4, 0.5) is 11.4 Å². The molecule has 176 valence electrons. The molecule has 0 bridgehead atoms. The first-order valence-electron chi connectivity index (χ1n) is 10.9. The lowest BCUT2D eigenvalue weighted by atomic mass is 9.95. The summed E-state index contributed by atoms with van der Waals surface area (Å²) in [5.41, 5.74) is 0.966. The number of halogens is 1. The first kappa shape index (κ1) is 23.4. The molecule has 1 atom stereocenters. The number of rotatable bonds is 5. The molecule has 1 aliphatic heterocycles. The van der Waals surface area contributed by atoms with Gasteiger partial charge in [-0.25, -0.2) is 8.42 Å². The van der Waals surface area contributed by atoms with Crippen molar-refractivity contribution < 1.29 is 22.7 Å². The molecule has 2 aliphatic rings. The summed E-state index contributed by atoms with van der Waals surface area (Å²) in [7, 11) is -3.68. The maximum Gasteiger partial charge on any atom is 0.267 e. The number of sulfonamides is 1. The first-order chi connectivity index (χ1) is 15.7. The van der Waals surface area contributed by atoms with Crippen molar-refractivity contribution >= 4 is 44.8 Å². The van der Waals surface area contributed by atoms with E-state index in [1.54, 1.807) is 30.3 Å². The van der Waals surface area contributed by atoms with E-state index in [2.05, 4.69) is 10.6 Å². The minimum absolute atomic E-state index is 0.128. The molecule has 2 amide bonds. The molecule has 33 heavy (non-hydrogen) atoms. The molecule has 2 aromatic carbocycles. The van der Waals surface area contributed by atoms with Crippen LogP contribution in [-0.4, -0.2) is 45.2 Å². The van der Waals surface area contributed by atoms with Crippen molar-refractivity contribution in [2.45, 2.75) is 44.2 Å². The molecule has 1 fully saturated rings. The average Bonchev–Trinajstić information content (AvgIpc) is 2.78. The summed E-state index contributed by atoms with van der Waals surface area (Å²) in [6, 6.07) is 11.4. The monoisotopic (exact) mass is 491 g/mol. The highest BCUT2D eigenvalue weighted by atomic mass is 35.5. The van der Waals surface area contributed by atoms with E-state index in [1.165, 1.54) is 18.6 Å². The van der Waals surface area contributed by atoms with Gasteiger partial charge in [-0.3, -0.25) is 13.9 Å². The van der Waals surface area contributed by atoms with E-state index in [0.29, 0.717) is 16.3 Å². The smallest absolute Gasteiger partial charge is 0.267 e. The Balaban J connectivity index is 1.53. The lowest BCUT2D eigenvalue weighted by Crippen LogP contribution is -2.48. The number of carbonyl (C=O) groups excluding carboxylic acids is 2. The highest BCUT2D eigenvalue weighted by molar-refractivity contribution is 7.92. The minimum Gasteiger partial charge on any atom is -0.476 e. The molecule has 0 saturated heterocycles. The number of nitrogens with zero attached hydrogens (tertiary/aromatic N) is 1. The van der Waals surface area contributed by atoms with E-state index in [4.69, 9.17) is 16.3 Å². The molecule has 1 aliphatic carbocycles. The van der Waals surface area contributed by atoms with Crippen LogP contribution in [0.2, 0.25) is 5.02 Å². The number of para-hydroxylation sites is 1. The van der Waals surface area contributed by atoms with Crippen molar-refractivity contribution in [2.75, 3.05) is 22.4 Å². The van der Waals surface area contributed by atoms with Crippen molar-refractivity contribution in [1.82, 2.24) is 5.32 Å². The Morgan fingerprint density at radius 3 is 2.55 bits per heavy atom. The first-order valence-corrected chi connectivity index (χ1v) is 13.1. The summed E-state index contributed by atoms with van der Waals surface area (Å²) in [6.45, 7) is -0.214. The number of amides is 2. The van der Waals surface area contributed by atoms with Crippen LogP contribution < -0.4 is 19.7 Å². The van der Waals surface area contributed by atoms with Crippen molar-refractivity contribution in [2.24, 2.45) is 0 Å². The number of benzene rings is 2. The van der Waals surface area contributed by atoms with E-state index in [9.17, 15) is 18.0 Å². The van der Waals surface area contributed by atoms with E-state index in [-0.39, 0.29) is 29.9 Å². The summed E-state index contributed by atoms with van der Waals surface area (Å²) in [5, 5.41) is 6.15. The van der Waals surface area contributed by atoms with Gasteiger partial charge in [0.05, 0.1) is 29.7 Å². The molecule has 2 aromatic rings. The zero-order chi connectivity index (χ0) is 23.6. The molecule has 1 saturated carbocycles. The zero-order valence-corrected chi connectivity index (χ0v) is 19.8. The maximum absolute atomic E-state index is 13.1. The predicted octanol–water partition coefficient (Wildman–Crippen LogP) is 3.57. The fourth-order valence-corrected chi connectivity index (χ4v) is 5.26. The quantitative estimate of drug-likeness (QED) is 0.665. The van der Waals surface area contributed by atoms with Gasteiger partial charge in [0.1, 0.15) is 5.75 Å². The second-order valence-corrected chi connectivity index (χ2v) is 10.7. The van der Waals surface area contributed by atoms with Crippen molar-refractivity contribution in [3.8, 4) is 5.75 Å². The number of fused-ring (bicyclic) bond motifs is 1. The number of anilines is 2. The summed E-state index contributed by atoms with van der Waals surface area (Å²) >= 11 is 6.02. The Kier molecular flexibility index (Phi) is 6.81. The van der Waals surface area contributed by atoms with Crippen LogP contribution in [0.15, 0.2) is 42.5 Å². The van der Waals surface area contributed by atoms with Gasteiger partial charge < -0.3 is 15.4 Å². The van der Waals surface area contributed by atoms with E-state index < -0.39 is 22.0 Å². The second kappa shape index (κ2) is 9.61. The van der Waals surface area contributed by atoms with E-state index in [0.717, 1.165) is 36.2 Å². The normalized spacial score (nSPS) is 18.7. The standard InChI is InChI=1S/C23H26ClN3O5S/c1-33(30,31)27-14-21(32-20-12-11-15(24)13-19(20)27)23(29)26-18-10-6-5-9-17(18)22(28)25-16-7-3-2-4-8-16/h5-6,9-13,16,21H,2-4,7-8,14H2,1H3,(H,25,28)(H,26,29)/t21-/m0/s1. The maximum atomic E-state index is 13.1. The van der Waals surface area contributed by atoms with Gasteiger partial charge in [-0.05, 0) is 43.2 Å². The van der Waals surface area contributed by atoms with Crippen LogP contribution >= 0.6 is 11.6 Å². The van der Waals surface area contributed by atoms with Crippen molar-refractivity contribution in [1.29, 1.82) is 0 Å². The number of nitrogens with one attached hydrogen (secondary N) is 2. The molecule has 0 unspecified atom stereocenters. The number of hydrogen-bond donors (Lipinski definition) is 2. The molecule has 1 heterocycles. The highest BCUT2D eigenvalue weighted by Crippen LogP contribution is 2.37. The van der Waals surface area contributed by atoms with Crippen LogP contribution in [-0.2, 0) is 14.8 Å². The Morgan fingerprint density at radius 1 is 1.09 bits per heavy atom. The van der Waals surface area contributed by atoms with Crippen LogP contribution in [0.3, 0.4) is 0 Å². The van der Waals surface area contributed by atoms with E-state index >= 15 is 0 Å². The van der Waals surface area contributed by atoms with Gasteiger partial charge in [0, 0.05) is 11.1 Å². The number of ether oxygens (including phenoxy) is 1. The van der Waals surface area contributed by atoms with Gasteiger partial charge in [0.25, 0.3) is 11.8 Å². The molecule has 2 N–H and O–H groups in total. The van der Waals surface area contributed by atoms with Crippen LogP contribution in [0.25, 0.3) is 0 Å². The van der Waals surface area contributed by atoms with Gasteiger partial charge in [-0.2, -0.15) is 0 Å². The third kappa shape index (κ3) is 5.42. The fourth-order valence-electron chi connectivity index (χ4n) is 4.19. The molecule has 0 spiro atoms. The van der Waals surface area contributed by atoms with E-state index in [1.807, 2.05) is 0 Å². The minimum atomic E-state index is -3.68. The highest BCUT2D eigenvalue weighted by Gasteiger charge is 2.35. The lowest BCUT2D eigenvalue weighted by molar-refractivity contribution is -0.122. The fraction of sp³-hybridized carbons (Fsp3) is 0.391. The van der Waals surface area contributed by atoms with Crippen molar-refractivity contribution in [3.05, 3.63) is 53.1 Å². The second-order valence-electron chi connectivity index (χ2n) is 8.36. The van der Waals surface area contributed by atoms with Gasteiger partial charge in [-0.1, -0.05) is 43.0 Å². The number of carbonyl (C=O) groups is 2. The van der Waals surface area contributed by atoms with Gasteiger partial charge >= 0.3 is 0 Å². The van der Waals surface area contributed by atoms with Crippen molar-refractivity contribution in [3.63, 3.8) is 0 Å². The summed E-state index contributed by atoms with van der Waals surface area (Å²) < 4.78 is 31.6. The number of hydrogen-bond acceptors (Lipinski definition) is 5. The molecular formula is C23H26ClN3O5S. The Bertz CT molecular complexity index is 1160. The third-order valence-corrected chi connectivity index (χ3v) is 7.23. The third-order valence-electron chi connectivity index (χ3n) is 5.85. The SMILES string of the molecule is CS(=O)(=O)N1C[C@@H](C(=O)Nc2ccccc2C(=O)NC2CCCCC2)Oc2ccc(Cl)cc21. The largest absolute Gasteiger partial charge is 0.476 e. The van der Waals surface area contributed by atoms with Crippen LogP contribution in [0.5, 0.6) is 5.75 Å². The summed E-state index contributed by atoms with van der Waals surface area (Å²) in [6.07, 6.45) is 5.20. The Morgan fingerprint density at radius 2 is 1.82 bits per heavy atom. The molecular weight excluding hydrogens is 466 g/mol. The van der Waals surface area contributed by atoms with Crippen LogP contribution in [0, 0.1) is 0 Å². The molecule has 0 aromatic heterocycles. The van der Waals surface area contributed by atoms with Crippen LogP contribution in [0.1, 0.15) is 42.5 Å². The zero-order valence-electron chi connectivity index (χ0n) is 18.2. The van der Waals surface area contributed by atoms with Gasteiger partial charge in [0.2, 0.25) is 10.0 Å². The molecule has 0 radical (unpaired) electrons. The van der Waals surface area contributed by atoms with Gasteiger partial charge in [0.15, 0.2) is 6.10 Å². The molecule has 8 nitrogen and oxygen atoms in total. The predicted molar refractivity (Wildman–Crippen MR) is 127 cm³/mol. The molecule has 10 heteroatoms. The Hall–Kier alpha value is -2.78. The summed E-state index contributed by atoms with van der Waals surface area (Å²) in [4.78, 5) is 25.9. The van der Waals surface area contributed by atoms with Gasteiger partial charge in [-0.15, -0.1) is 0 Å². The Labute approximate surface area is 198 Å². The lowest BCUT2D eigenvalue weighted by Gasteiger charge is -2.34.